The van der Waals surface area contributed by atoms with Gasteiger partial charge < -0.3 is 4.90 Å². The molecule has 1 aliphatic rings. The van der Waals surface area contributed by atoms with Crippen molar-refractivity contribution in [1.29, 1.82) is 0 Å². The Bertz CT molecular complexity index is 843. The third kappa shape index (κ3) is 3.62. The Morgan fingerprint density at radius 2 is 2.04 bits per heavy atom. The van der Waals surface area contributed by atoms with E-state index in [9.17, 15) is 13.2 Å². The number of carbonyl (C=O) groups excluding carboxylic acids is 1. The number of rotatable bonds is 5. The first-order valence-corrected chi connectivity index (χ1v) is 10.3. The van der Waals surface area contributed by atoms with Crippen molar-refractivity contribution < 1.29 is 13.2 Å². The maximum absolute atomic E-state index is 12.5. The summed E-state index contributed by atoms with van der Waals surface area (Å²) in [5.41, 5.74) is 1.21. The van der Waals surface area contributed by atoms with E-state index in [1.807, 2.05) is 19.1 Å². The minimum Gasteiger partial charge on any atom is -0.312 e. The number of sulfonamides is 1. The molecule has 5 nitrogen and oxygen atoms in total. The van der Waals surface area contributed by atoms with E-state index in [0.29, 0.717) is 22.9 Å². The first-order chi connectivity index (χ1) is 11.5. The summed E-state index contributed by atoms with van der Waals surface area (Å²) in [4.78, 5) is 14.8. The summed E-state index contributed by atoms with van der Waals surface area (Å²) in [5.74, 6) is 0.0899. The molecular formula is C17H20N2O3S2. The van der Waals surface area contributed by atoms with Crippen molar-refractivity contribution in [2.45, 2.75) is 36.8 Å². The Balaban J connectivity index is 1.82. The number of hydrogen-bond donors (Lipinski definition) is 1. The fourth-order valence-electron chi connectivity index (χ4n) is 2.71. The van der Waals surface area contributed by atoms with Crippen molar-refractivity contribution >= 4 is 38.6 Å². The van der Waals surface area contributed by atoms with Crippen molar-refractivity contribution in [3.05, 3.63) is 41.3 Å². The third-order valence-electron chi connectivity index (χ3n) is 3.98. The van der Waals surface area contributed by atoms with E-state index in [1.165, 1.54) is 11.3 Å². The topological polar surface area (TPSA) is 66.5 Å². The van der Waals surface area contributed by atoms with Gasteiger partial charge in [-0.3, -0.25) is 9.52 Å². The SMILES string of the molecule is CCc1ccc(S(=O)(=O)Nc2cccc(N3CCCCC3=O)c2)s1. The Hall–Kier alpha value is -1.86. The predicted molar refractivity (Wildman–Crippen MR) is 97.2 cm³/mol. The smallest absolute Gasteiger partial charge is 0.271 e. The molecule has 7 heteroatoms. The van der Waals surface area contributed by atoms with Crippen molar-refractivity contribution in [3.8, 4) is 0 Å². The van der Waals surface area contributed by atoms with Crippen LogP contribution in [0, 0.1) is 0 Å². The third-order valence-corrected chi connectivity index (χ3v) is 7.09. The molecule has 0 radical (unpaired) electrons. The highest BCUT2D eigenvalue weighted by Crippen LogP contribution is 2.27. The molecule has 0 bridgehead atoms. The number of amides is 1. The zero-order valence-corrected chi connectivity index (χ0v) is 15.1. The van der Waals surface area contributed by atoms with Gasteiger partial charge in [-0.25, -0.2) is 8.42 Å². The lowest BCUT2D eigenvalue weighted by Crippen LogP contribution is -2.35. The van der Waals surface area contributed by atoms with E-state index in [1.54, 1.807) is 29.2 Å². The maximum Gasteiger partial charge on any atom is 0.271 e. The van der Waals surface area contributed by atoms with Crippen LogP contribution in [0.3, 0.4) is 0 Å². The largest absolute Gasteiger partial charge is 0.312 e. The molecule has 24 heavy (non-hydrogen) atoms. The monoisotopic (exact) mass is 364 g/mol. The molecule has 1 N–H and O–H groups in total. The molecule has 3 rings (SSSR count). The number of nitrogens with one attached hydrogen (secondary N) is 1. The number of thiophene rings is 1. The molecule has 1 amide bonds. The van der Waals surface area contributed by atoms with Crippen LogP contribution in [0.4, 0.5) is 11.4 Å². The number of benzene rings is 1. The highest BCUT2D eigenvalue weighted by Gasteiger charge is 2.21. The normalized spacial score (nSPS) is 15.5. The Kier molecular flexibility index (Phi) is 4.91. The fraction of sp³-hybridized carbons (Fsp3) is 0.353. The van der Waals surface area contributed by atoms with Crippen LogP contribution in [0.1, 0.15) is 31.1 Å². The molecule has 0 spiro atoms. The Labute approximate surface area is 146 Å². The molecule has 128 valence electrons. The highest BCUT2D eigenvalue weighted by molar-refractivity contribution is 7.94. The van der Waals surface area contributed by atoms with E-state index in [2.05, 4.69) is 4.72 Å². The number of carbonyl (C=O) groups is 1. The quantitative estimate of drug-likeness (QED) is 0.881. The summed E-state index contributed by atoms with van der Waals surface area (Å²) in [6.07, 6.45) is 3.24. The van der Waals surface area contributed by atoms with Gasteiger partial charge in [-0.05, 0) is 49.6 Å². The molecule has 1 aromatic heterocycles. The first-order valence-electron chi connectivity index (χ1n) is 8.01. The Morgan fingerprint density at radius 1 is 1.21 bits per heavy atom. The van der Waals surface area contributed by atoms with E-state index in [0.717, 1.165) is 29.8 Å². The van der Waals surface area contributed by atoms with Gasteiger partial charge in [-0.15, -0.1) is 11.3 Å². The second-order valence-corrected chi connectivity index (χ2v) is 8.81. The van der Waals surface area contributed by atoms with Crippen molar-refractivity contribution in [3.63, 3.8) is 0 Å². The molecule has 2 heterocycles. The van der Waals surface area contributed by atoms with Crippen LogP contribution in [-0.2, 0) is 21.2 Å². The predicted octanol–water partition coefficient (Wildman–Crippen LogP) is 3.63. The second kappa shape index (κ2) is 6.94. The minimum atomic E-state index is -3.60. The number of piperidine rings is 1. The molecule has 2 aromatic rings. The van der Waals surface area contributed by atoms with Gasteiger partial charge in [0.2, 0.25) is 5.91 Å². The number of aryl methyl sites for hydroxylation is 1. The van der Waals surface area contributed by atoms with Crippen LogP contribution in [0.15, 0.2) is 40.6 Å². The molecule has 1 aromatic carbocycles. The zero-order valence-electron chi connectivity index (χ0n) is 13.5. The van der Waals surface area contributed by atoms with E-state index in [-0.39, 0.29) is 5.91 Å². The van der Waals surface area contributed by atoms with Gasteiger partial charge >= 0.3 is 0 Å². The standard InChI is InChI=1S/C17H20N2O3S2/c1-2-15-9-10-17(23-15)24(21,22)18-13-6-5-7-14(12-13)19-11-4-3-8-16(19)20/h5-7,9-10,12,18H,2-4,8,11H2,1H3. The number of anilines is 2. The van der Waals surface area contributed by atoms with Crippen molar-refractivity contribution in [2.24, 2.45) is 0 Å². The molecule has 1 saturated heterocycles. The zero-order chi connectivity index (χ0) is 17.2. The summed E-state index contributed by atoms with van der Waals surface area (Å²) in [5, 5.41) is 0. The lowest BCUT2D eigenvalue weighted by atomic mass is 10.1. The summed E-state index contributed by atoms with van der Waals surface area (Å²) in [6.45, 7) is 2.68. The summed E-state index contributed by atoms with van der Waals surface area (Å²) >= 11 is 1.28. The molecule has 1 fully saturated rings. The van der Waals surface area contributed by atoms with Gasteiger partial charge in [-0.2, -0.15) is 0 Å². The summed E-state index contributed by atoms with van der Waals surface area (Å²) < 4.78 is 27.9. The van der Waals surface area contributed by atoms with Gasteiger partial charge in [0, 0.05) is 23.5 Å². The van der Waals surface area contributed by atoms with Gasteiger partial charge in [0.25, 0.3) is 10.0 Å². The molecule has 0 saturated carbocycles. The maximum atomic E-state index is 12.5. The van der Waals surface area contributed by atoms with Crippen LogP contribution in [0.5, 0.6) is 0 Å². The van der Waals surface area contributed by atoms with Crippen LogP contribution in [0.25, 0.3) is 0 Å². The van der Waals surface area contributed by atoms with Crippen LogP contribution in [-0.4, -0.2) is 20.9 Å². The van der Waals surface area contributed by atoms with E-state index in [4.69, 9.17) is 0 Å². The lowest BCUT2D eigenvalue weighted by molar-refractivity contribution is -0.119. The van der Waals surface area contributed by atoms with Gasteiger partial charge in [0.15, 0.2) is 0 Å². The molecular weight excluding hydrogens is 344 g/mol. The average Bonchev–Trinajstić information content (AvgIpc) is 3.05. The number of hydrogen-bond acceptors (Lipinski definition) is 4. The minimum absolute atomic E-state index is 0.0899. The summed E-state index contributed by atoms with van der Waals surface area (Å²) in [7, 11) is -3.60. The fourth-order valence-corrected chi connectivity index (χ4v) is 5.06. The van der Waals surface area contributed by atoms with Crippen LogP contribution >= 0.6 is 11.3 Å². The lowest BCUT2D eigenvalue weighted by Gasteiger charge is -2.27. The van der Waals surface area contributed by atoms with Crippen LogP contribution < -0.4 is 9.62 Å². The summed E-state index contributed by atoms with van der Waals surface area (Å²) in [6, 6.07) is 10.5. The number of nitrogens with zero attached hydrogens (tertiary/aromatic N) is 1. The van der Waals surface area contributed by atoms with Crippen molar-refractivity contribution in [2.75, 3.05) is 16.2 Å². The van der Waals surface area contributed by atoms with Gasteiger partial charge in [0.05, 0.1) is 5.69 Å². The average molecular weight is 364 g/mol. The molecule has 0 atom stereocenters. The Morgan fingerprint density at radius 3 is 2.75 bits per heavy atom. The van der Waals surface area contributed by atoms with Crippen LogP contribution in [0.2, 0.25) is 0 Å². The molecule has 0 unspecified atom stereocenters. The van der Waals surface area contributed by atoms with E-state index >= 15 is 0 Å². The van der Waals surface area contributed by atoms with Gasteiger partial charge in [-0.1, -0.05) is 13.0 Å². The molecule has 0 aliphatic carbocycles. The van der Waals surface area contributed by atoms with Crippen molar-refractivity contribution in [1.82, 2.24) is 0 Å². The molecule has 1 aliphatic heterocycles. The highest BCUT2D eigenvalue weighted by atomic mass is 32.2. The first kappa shape index (κ1) is 17.0. The van der Waals surface area contributed by atoms with Gasteiger partial charge in [0.1, 0.15) is 4.21 Å². The second-order valence-electron chi connectivity index (χ2n) is 5.73. The van der Waals surface area contributed by atoms with E-state index < -0.39 is 10.0 Å².